The second-order valence-electron chi connectivity index (χ2n) is 12.0. The average molecular weight is 618 g/mol. The van der Waals surface area contributed by atoms with Crippen LogP contribution in [0, 0.1) is 11.3 Å². The fourth-order valence-electron chi connectivity index (χ4n) is 5.17. The highest BCUT2D eigenvalue weighted by Crippen LogP contribution is 2.34. The van der Waals surface area contributed by atoms with Gasteiger partial charge in [0, 0.05) is 29.7 Å². The summed E-state index contributed by atoms with van der Waals surface area (Å²) in [6.07, 6.45) is 0.636. The number of nitrogens with one attached hydrogen (secondary N) is 1. The van der Waals surface area contributed by atoms with Gasteiger partial charge in [-0.3, -0.25) is 4.79 Å². The van der Waals surface area contributed by atoms with E-state index in [2.05, 4.69) is 67.6 Å². The molecule has 0 saturated heterocycles. The predicted molar refractivity (Wildman–Crippen MR) is 177 cm³/mol. The lowest BCUT2D eigenvalue weighted by atomic mass is 9.83. The third-order valence-electron chi connectivity index (χ3n) is 7.78. The number of hydrogen-bond donors (Lipinski definition) is 2. The van der Waals surface area contributed by atoms with E-state index < -0.39 is 11.1 Å². The zero-order valence-electron chi connectivity index (χ0n) is 25.5. The molecule has 1 amide bonds. The second kappa shape index (κ2) is 13.9. The molecule has 5 rings (SSSR count). The average Bonchev–Trinajstić information content (AvgIpc) is 3.54. The van der Waals surface area contributed by atoms with Crippen molar-refractivity contribution in [1.82, 2.24) is 10.5 Å². The summed E-state index contributed by atoms with van der Waals surface area (Å²) in [5.74, 6) is 0.259. The van der Waals surface area contributed by atoms with Gasteiger partial charge in [0.1, 0.15) is 0 Å². The summed E-state index contributed by atoms with van der Waals surface area (Å²) < 4.78 is 25.7. The molecule has 0 aliphatic carbocycles. The summed E-state index contributed by atoms with van der Waals surface area (Å²) in [7, 11) is 0. The first kappa shape index (κ1) is 31.6. The first-order valence-electron chi connectivity index (χ1n) is 14.7. The Bertz CT molecular complexity index is 1830. The van der Waals surface area contributed by atoms with Crippen molar-refractivity contribution >= 4 is 17.0 Å². The quantitative estimate of drug-likeness (QED) is 0.157. The van der Waals surface area contributed by atoms with Crippen LogP contribution in [0.25, 0.3) is 22.5 Å². The van der Waals surface area contributed by atoms with Gasteiger partial charge in [0.15, 0.2) is 16.8 Å². The molecule has 0 radical (unpaired) electrons. The second-order valence-corrected chi connectivity index (χ2v) is 13.0. The van der Waals surface area contributed by atoms with Crippen molar-refractivity contribution in [3.05, 3.63) is 137 Å². The number of hydrogen-bond acceptors (Lipinski definition) is 5. The van der Waals surface area contributed by atoms with Crippen molar-refractivity contribution in [1.29, 1.82) is 5.26 Å². The molecule has 5 aromatic rings. The van der Waals surface area contributed by atoms with Crippen LogP contribution >= 0.6 is 0 Å². The zero-order chi connectivity index (χ0) is 32.0. The van der Waals surface area contributed by atoms with E-state index in [9.17, 15) is 9.00 Å². The topological polar surface area (TPSA) is 116 Å². The van der Waals surface area contributed by atoms with E-state index in [1.165, 1.54) is 5.56 Å². The Morgan fingerprint density at radius 1 is 0.933 bits per heavy atom. The number of benzene rings is 4. The monoisotopic (exact) mass is 617 g/mol. The van der Waals surface area contributed by atoms with Gasteiger partial charge >= 0.3 is 0 Å². The molecule has 0 fully saturated rings. The largest absolute Gasteiger partial charge is 0.356 e. The Morgan fingerprint density at radius 2 is 1.62 bits per heavy atom. The molecule has 1 aromatic heterocycles. The van der Waals surface area contributed by atoms with E-state index >= 15 is 0 Å². The highest BCUT2D eigenvalue weighted by atomic mass is 32.2. The van der Waals surface area contributed by atoms with Crippen LogP contribution in [0.15, 0.2) is 108 Å². The van der Waals surface area contributed by atoms with Crippen molar-refractivity contribution in [2.75, 3.05) is 12.3 Å². The van der Waals surface area contributed by atoms with E-state index in [1.54, 1.807) is 12.1 Å². The van der Waals surface area contributed by atoms with Crippen LogP contribution in [0.1, 0.15) is 65.0 Å². The van der Waals surface area contributed by atoms with E-state index in [0.29, 0.717) is 23.3 Å². The first-order chi connectivity index (χ1) is 21.6. The van der Waals surface area contributed by atoms with Gasteiger partial charge in [-0.05, 0) is 70.0 Å². The van der Waals surface area contributed by atoms with Crippen molar-refractivity contribution in [3.8, 4) is 28.5 Å². The molecule has 0 spiro atoms. The van der Waals surface area contributed by atoms with E-state index in [-0.39, 0.29) is 29.5 Å². The van der Waals surface area contributed by atoms with E-state index in [4.69, 9.17) is 14.3 Å². The minimum absolute atomic E-state index is 0.0150. The molecule has 4 aromatic carbocycles. The summed E-state index contributed by atoms with van der Waals surface area (Å²) in [6, 6.07) is 35.7. The Labute approximate surface area is 266 Å². The SMILES string of the molecule is CC(C)(C)c1ccc(C(Cc2ccc(C(=O)NCCS(=O)O)cc2)c2cc(-c3cccc(-c4ccc(C#N)cc4)c3)on2)cc1. The number of carbonyl (C=O) groups is 1. The highest BCUT2D eigenvalue weighted by Gasteiger charge is 2.22. The number of carbonyl (C=O) groups excluding carboxylic acids is 1. The predicted octanol–water partition coefficient (Wildman–Crippen LogP) is 7.50. The standard InChI is InChI=1S/C37H35N3O4S/c1-37(2,3)32-17-15-28(16-18-32)33(21-25-7-13-29(14-8-25)36(41)39-19-20-45(42)43)34-23-35(44-40-34)31-6-4-5-30(22-31)27-11-9-26(24-38)10-12-27/h4-18,22-23,33H,19-21H2,1-3H3,(H,39,41)(H,42,43). The third kappa shape index (κ3) is 8.01. The normalized spacial score (nSPS) is 12.7. The maximum Gasteiger partial charge on any atom is 0.251 e. The molecule has 0 bridgehead atoms. The van der Waals surface area contributed by atoms with Gasteiger partial charge in [0.05, 0.1) is 23.1 Å². The first-order valence-corrected chi connectivity index (χ1v) is 16.0. The molecular weight excluding hydrogens is 582 g/mol. The summed E-state index contributed by atoms with van der Waals surface area (Å²) >= 11 is -1.95. The van der Waals surface area contributed by atoms with Gasteiger partial charge in [-0.2, -0.15) is 5.26 Å². The molecule has 45 heavy (non-hydrogen) atoms. The molecule has 0 saturated carbocycles. The van der Waals surface area contributed by atoms with Gasteiger partial charge < -0.3 is 14.4 Å². The van der Waals surface area contributed by atoms with Crippen LogP contribution in [0.2, 0.25) is 0 Å². The zero-order valence-corrected chi connectivity index (χ0v) is 26.3. The number of nitriles is 1. The maximum absolute atomic E-state index is 12.5. The van der Waals surface area contributed by atoms with Crippen LogP contribution in [-0.4, -0.2) is 32.1 Å². The molecule has 0 aliphatic heterocycles. The molecule has 228 valence electrons. The smallest absolute Gasteiger partial charge is 0.251 e. The van der Waals surface area contributed by atoms with Crippen molar-refractivity contribution in [2.45, 2.75) is 38.5 Å². The van der Waals surface area contributed by atoms with Gasteiger partial charge in [0.25, 0.3) is 5.91 Å². The molecule has 7 nitrogen and oxygen atoms in total. The van der Waals surface area contributed by atoms with Gasteiger partial charge in [-0.15, -0.1) is 0 Å². The minimum atomic E-state index is -1.95. The third-order valence-corrected chi connectivity index (χ3v) is 8.33. The molecule has 2 N–H and O–H groups in total. The molecular formula is C37H35N3O4S. The number of amides is 1. The van der Waals surface area contributed by atoms with Crippen LogP contribution in [0.4, 0.5) is 0 Å². The highest BCUT2D eigenvalue weighted by molar-refractivity contribution is 7.79. The Balaban J connectivity index is 1.42. The molecule has 2 unspecified atom stereocenters. The fourth-order valence-corrected chi connectivity index (χ4v) is 5.45. The molecule has 1 heterocycles. The number of rotatable bonds is 10. The lowest BCUT2D eigenvalue weighted by Gasteiger charge is -2.21. The number of aromatic nitrogens is 1. The van der Waals surface area contributed by atoms with Gasteiger partial charge in [-0.1, -0.05) is 92.7 Å². The van der Waals surface area contributed by atoms with Crippen molar-refractivity contribution in [2.24, 2.45) is 0 Å². The van der Waals surface area contributed by atoms with Crippen LogP contribution in [0.3, 0.4) is 0 Å². The lowest BCUT2D eigenvalue weighted by molar-refractivity contribution is 0.0956. The summed E-state index contributed by atoms with van der Waals surface area (Å²) in [4.78, 5) is 12.5. The van der Waals surface area contributed by atoms with E-state index in [0.717, 1.165) is 33.5 Å². The molecule has 2 atom stereocenters. The Morgan fingerprint density at radius 3 is 2.27 bits per heavy atom. The fraction of sp³-hybridized carbons (Fsp3) is 0.216. The molecule has 8 heteroatoms. The van der Waals surface area contributed by atoms with Gasteiger partial charge in [0.2, 0.25) is 0 Å². The lowest BCUT2D eigenvalue weighted by Crippen LogP contribution is -2.27. The summed E-state index contributed by atoms with van der Waals surface area (Å²) in [6.45, 7) is 6.70. The minimum Gasteiger partial charge on any atom is -0.356 e. The Hall–Kier alpha value is -4.84. The van der Waals surface area contributed by atoms with Crippen LogP contribution in [0.5, 0.6) is 0 Å². The van der Waals surface area contributed by atoms with Gasteiger partial charge in [-0.25, -0.2) is 4.21 Å². The van der Waals surface area contributed by atoms with Crippen LogP contribution in [-0.2, 0) is 22.9 Å². The summed E-state index contributed by atoms with van der Waals surface area (Å²) in [5, 5.41) is 16.3. The Kier molecular flexibility index (Phi) is 9.72. The van der Waals surface area contributed by atoms with Crippen molar-refractivity contribution in [3.63, 3.8) is 0 Å². The number of nitrogens with zero attached hydrogens (tertiary/aromatic N) is 2. The molecule has 0 aliphatic rings. The summed E-state index contributed by atoms with van der Waals surface area (Å²) in [5.41, 5.74) is 8.22. The van der Waals surface area contributed by atoms with E-state index in [1.807, 2.05) is 60.7 Å². The van der Waals surface area contributed by atoms with Crippen molar-refractivity contribution < 1.29 is 18.1 Å². The van der Waals surface area contributed by atoms with Crippen LogP contribution < -0.4 is 5.32 Å². The maximum atomic E-state index is 12.5.